The molecule has 1 aliphatic rings. The molecule has 1 aliphatic carbocycles. The summed E-state index contributed by atoms with van der Waals surface area (Å²) in [6.45, 7) is 1.68. The van der Waals surface area contributed by atoms with E-state index in [0.717, 1.165) is 18.5 Å². The lowest BCUT2D eigenvalue weighted by molar-refractivity contribution is 0.0696. The van der Waals surface area contributed by atoms with Crippen LogP contribution < -0.4 is 0 Å². The van der Waals surface area contributed by atoms with Crippen LogP contribution in [0.5, 0.6) is 0 Å². The van der Waals surface area contributed by atoms with E-state index >= 15 is 0 Å². The van der Waals surface area contributed by atoms with Crippen molar-refractivity contribution in [3.63, 3.8) is 0 Å². The molecular weight excluding hydrogens is 322 g/mol. The lowest BCUT2D eigenvalue weighted by Gasteiger charge is -2.28. The van der Waals surface area contributed by atoms with E-state index in [1.807, 2.05) is 12.1 Å². The maximum atomic E-state index is 11.2. The van der Waals surface area contributed by atoms with Crippen LogP contribution in [0.15, 0.2) is 53.9 Å². The Hall–Kier alpha value is -1.95. The molecule has 0 saturated heterocycles. The number of hydrogen-bond donors (Lipinski definition) is 2. The summed E-state index contributed by atoms with van der Waals surface area (Å²) in [7, 11) is 0. The predicted octanol–water partition coefficient (Wildman–Crippen LogP) is 3.39. The number of aromatic carboxylic acids is 1. The molecule has 5 heteroatoms. The summed E-state index contributed by atoms with van der Waals surface area (Å²) in [4.78, 5) is 14.8. The first-order chi connectivity index (χ1) is 11.7. The summed E-state index contributed by atoms with van der Waals surface area (Å²) in [6.07, 6.45) is 5.15. The first-order valence-corrected chi connectivity index (χ1v) is 8.91. The van der Waals surface area contributed by atoms with E-state index < -0.39 is 5.97 Å². The number of carbonyl (C=O) groups is 1. The van der Waals surface area contributed by atoms with Crippen LogP contribution in [0.3, 0.4) is 0 Å². The van der Waals surface area contributed by atoms with Gasteiger partial charge in [-0.2, -0.15) is 0 Å². The highest BCUT2D eigenvalue weighted by atomic mass is 32.1. The van der Waals surface area contributed by atoms with E-state index in [2.05, 4.69) is 28.5 Å². The Balaban J connectivity index is 1.78. The summed E-state index contributed by atoms with van der Waals surface area (Å²) in [6, 6.07) is 11.5. The van der Waals surface area contributed by atoms with Crippen molar-refractivity contribution in [2.24, 2.45) is 5.92 Å². The lowest BCUT2D eigenvalue weighted by atomic mass is 10.1. The van der Waals surface area contributed by atoms with Crippen LogP contribution in [0.2, 0.25) is 0 Å². The molecule has 0 saturated carbocycles. The standard InChI is InChI=1S/C19H21NO3S/c21-13-15-6-7-17(10-15)20(12-18-5-2-8-24-18)11-14-3-1-4-16(9-14)19(22)23/h1-9,15,17,21H,10-13H2,(H,22,23)/t15-,17+/m0/s1. The highest BCUT2D eigenvalue weighted by Crippen LogP contribution is 2.26. The molecule has 0 fully saturated rings. The van der Waals surface area contributed by atoms with Gasteiger partial charge in [-0.05, 0) is 35.6 Å². The smallest absolute Gasteiger partial charge is 0.335 e. The van der Waals surface area contributed by atoms with Gasteiger partial charge in [0.05, 0.1) is 5.56 Å². The van der Waals surface area contributed by atoms with Crippen molar-refractivity contribution < 1.29 is 15.0 Å². The number of hydrogen-bond acceptors (Lipinski definition) is 4. The molecule has 0 spiro atoms. The second-order valence-corrected chi connectivity index (χ2v) is 7.15. The molecule has 1 heterocycles. The number of benzene rings is 1. The van der Waals surface area contributed by atoms with Crippen molar-refractivity contribution in [2.75, 3.05) is 6.61 Å². The largest absolute Gasteiger partial charge is 0.478 e. The molecule has 1 aromatic carbocycles. The third-order valence-electron chi connectivity index (χ3n) is 4.35. The molecule has 0 bridgehead atoms. The second kappa shape index (κ2) is 7.75. The van der Waals surface area contributed by atoms with Crippen LogP contribution in [0.25, 0.3) is 0 Å². The summed E-state index contributed by atoms with van der Waals surface area (Å²) in [5.74, 6) is -0.686. The lowest BCUT2D eigenvalue weighted by Crippen LogP contribution is -2.32. The molecule has 2 N–H and O–H groups in total. The minimum atomic E-state index is -0.900. The van der Waals surface area contributed by atoms with E-state index in [9.17, 15) is 15.0 Å². The maximum absolute atomic E-state index is 11.2. The van der Waals surface area contributed by atoms with Gasteiger partial charge in [0.1, 0.15) is 0 Å². The summed E-state index contributed by atoms with van der Waals surface area (Å²) in [5.41, 5.74) is 1.31. The molecular formula is C19H21NO3S. The van der Waals surface area contributed by atoms with Crippen molar-refractivity contribution in [3.8, 4) is 0 Å². The Morgan fingerprint density at radius 1 is 1.21 bits per heavy atom. The molecule has 0 radical (unpaired) electrons. The van der Waals surface area contributed by atoms with Gasteiger partial charge in [-0.3, -0.25) is 4.90 Å². The topological polar surface area (TPSA) is 60.8 Å². The molecule has 24 heavy (non-hydrogen) atoms. The summed E-state index contributed by atoms with van der Waals surface area (Å²) < 4.78 is 0. The first kappa shape index (κ1) is 16.9. The Morgan fingerprint density at radius 3 is 2.75 bits per heavy atom. The summed E-state index contributed by atoms with van der Waals surface area (Å²) >= 11 is 1.73. The maximum Gasteiger partial charge on any atom is 0.335 e. The number of carboxylic acid groups (broad SMARTS) is 1. The van der Waals surface area contributed by atoms with E-state index in [4.69, 9.17) is 0 Å². The Bertz CT molecular complexity index is 711. The zero-order valence-corrected chi connectivity index (χ0v) is 14.2. The quantitative estimate of drug-likeness (QED) is 0.757. The highest BCUT2D eigenvalue weighted by Gasteiger charge is 2.24. The van der Waals surface area contributed by atoms with E-state index in [-0.39, 0.29) is 18.6 Å². The average molecular weight is 343 g/mol. The highest BCUT2D eigenvalue weighted by molar-refractivity contribution is 7.09. The summed E-state index contributed by atoms with van der Waals surface area (Å²) in [5, 5.41) is 20.6. The van der Waals surface area contributed by atoms with Gasteiger partial charge in [-0.1, -0.05) is 30.4 Å². The van der Waals surface area contributed by atoms with Crippen LogP contribution in [0.4, 0.5) is 0 Å². The van der Waals surface area contributed by atoms with Gasteiger partial charge >= 0.3 is 5.97 Å². The normalized spacial score (nSPS) is 19.9. The van der Waals surface area contributed by atoms with Crippen LogP contribution in [-0.2, 0) is 13.1 Å². The zero-order chi connectivity index (χ0) is 16.9. The molecule has 3 rings (SSSR count). The Morgan fingerprint density at radius 2 is 2.08 bits per heavy atom. The molecule has 4 nitrogen and oxygen atoms in total. The van der Waals surface area contributed by atoms with Gasteiger partial charge in [0.25, 0.3) is 0 Å². The van der Waals surface area contributed by atoms with Gasteiger partial charge in [-0.25, -0.2) is 4.79 Å². The van der Waals surface area contributed by atoms with Crippen LogP contribution >= 0.6 is 11.3 Å². The number of carboxylic acids is 1. The van der Waals surface area contributed by atoms with Gasteiger partial charge in [-0.15, -0.1) is 11.3 Å². The van der Waals surface area contributed by atoms with Gasteiger partial charge in [0, 0.05) is 36.5 Å². The molecule has 1 aromatic heterocycles. The SMILES string of the molecule is O=C(O)c1cccc(CN(Cc2cccs2)[C@@H]2C=C[C@H](CO)C2)c1. The van der Waals surface area contributed by atoms with E-state index in [0.29, 0.717) is 12.1 Å². The minimum Gasteiger partial charge on any atom is -0.478 e. The first-order valence-electron chi connectivity index (χ1n) is 8.03. The van der Waals surface area contributed by atoms with Gasteiger partial charge < -0.3 is 10.2 Å². The number of aliphatic hydroxyl groups is 1. The monoisotopic (exact) mass is 343 g/mol. The average Bonchev–Trinajstić information content (AvgIpc) is 3.26. The van der Waals surface area contributed by atoms with E-state index in [1.165, 1.54) is 4.88 Å². The fraction of sp³-hybridized carbons (Fsp3) is 0.316. The number of aliphatic hydroxyl groups excluding tert-OH is 1. The Labute approximate surface area is 145 Å². The molecule has 126 valence electrons. The molecule has 0 unspecified atom stereocenters. The van der Waals surface area contributed by atoms with Crippen LogP contribution in [-0.4, -0.2) is 33.7 Å². The third-order valence-corrected chi connectivity index (χ3v) is 5.21. The van der Waals surface area contributed by atoms with Crippen LogP contribution in [0.1, 0.15) is 27.2 Å². The van der Waals surface area contributed by atoms with Crippen molar-refractivity contribution in [3.05, 3.63) is 69.9 Å². The van der Waals surface area contributed by atoms with Crippen molar-refractivity contribution in [2.45, 2.75) is 25.6 Å². The fourth-order valence-corrected chi connectivity index (χ4v) is 3.82. The van der Waals surface area contributed by atoms with Crippen molar-refractivity contribution >= 4 is 17.3 Å². The van der Waals surface area contributed by atoms with Gasteiger partial charge in [0.2, 0.25) is 0 Å². The molecule has 2 aromatic rings. The predicted molar refractivity (Wildman–Crippen MR) is 95.1 cm³/mol. The molecule has 0 amide bonds. The number of thiophene rings is 1. The Kier molecular flexibility index (Phi) is 5.45. The zero-order valence-electron chi connectivity index (χ0n) is 13.3. The van der Waals surface area contributed by atoms with Crippen LogP contribution in [0, 0.1) is 5.92 Å². The second-order valence-electron chi connectivity index (χ2n) is 6.12. The third kappa shape index (κ3) is 4.12. The van der Waals surface area contributed by atoms with Crippen molar-refractivity contribution in [1.29, 1.82) is 0 Å². The fourth-order valence-electron chi connectivity index (χ4n) is 3.09. The van der Waals surface area contributed by atoms with E-state index in [1.54, 1.807) is 29.5 Å². The molecule has 2 atom stereocenters. The molecule has 0 aliphatic heterocycles. The van der Waals surface area contributed by atoms with Gasteiger partial charge in [0.15, 0.2) is 0 Å². The minimum absolute atomic E-state index is 0.175. The number of rotatable bonds is 7. The number of nitrogens with zero attached hydrogens (tertiary/aromatic N) is 1. The van der Waals surface area contributed by atoms with Crippen molar-refractivity contribution in [1.82, 2.24) is 4.90 Å².